The maximum Gasteiger partial charge on any atom is 0.246 e. The van der Waals surface area contributed by atoms with Crippen molar-refractivity contribution < 1.29 is 14.4 Å². The molecule has 2 saturated heterocycles. The molecule has 2 heterocycles. The van der Waals surface area contributed by atoms with E-state index in [0.29, 0.717) is 6.42 Å². The molecule has 25 heavy (non-hydrogen) atoms. The molecule has 0 aromatic carbocycles. The molecular formula is C17H28N4O3S. The van der Waals surface area contributed by atoms with E-state index in [9.17, 15) is 14.4 Å². The van der Waals surface area contributed by atoms with E-state index < -0.39 is 18.0 Å². The number of carbonyl (C=O) groups excluding carboxylic acids is 3. The standard InChI is InChI=1S/C17H28N4O3S/c1-10(19-2)15(23)20-11-5-8-25-12-9-17(6-3-4-7-17)13(14(18)22)21(12)16(11)24/h10-13,19H,3-9H2,1-2H3,(H2,18,22)(H,20,23)/t10-,11?,12?,13?/m0/s1. The number of primary amides is 1. The summed E-state index contributed by atoms with van der Waals surface area (Å²) in [6, 6.07) is -1.50. The van der Waals surface area contributed by atoms with Crippen LogP contribution in [0.3, 0.4) is 0 Å². The molecule has 8 heteroatoms. The minimum Gasteiger partial charge on any atom is -0.368 e. The zero-order valence-corrected chi connectivity index (χ0v) is 15.7. The number of amides is 3. The minimum atomic E-state index is -0.584. The molecule has 7 nitrogen and oxygen atoms in total. The van der Waals surface area contributed by atoms with Crippen molar-refractivity contribution >= 4 is 29.5 Å². The topological polar surface area (TPSA) is 105 Å². The van der Waals surface area contributed by atoms with Gasteiger partial charge in [-0.1, -0.05) is 12.8 Å². The summed E-state index contributed by atoms with van der Waals surface area (Å²) in [5.41, 5.74) is 5.59. The summed E-state index contributed by atoms with van der Waals surface area (Å²) in [6.07, 6.45) is 5.50. The molecule has 0 aromatic rings. The van der Waals surface area contributed by atoms with Gasteiger partial charge in [-0.15, -0.1) is 11.8 Å². The summed E-state index contributed by atoms with van der Waals surface area (Å²) < 4.78 is 0. The van der Waals surface area contributed by atoms with Crippen molar-refractivity contribution in [3.05, 3.63) is 0 Å². The van der Waals surface area contributed by atoms with E-state index in [1.54, 1.807) is 30.6 Å². The Kier molecular flexibility index (Phi) is 5.29. The van der Waals surface area contributed by atoms with Gasteiger partial charge in [-0.05, 0) is 45.4 Å². The summed E-state index contributed by atoms with van der Waals surface area (Å²) >= 11 is 1.72. The highest BCUT2D eigenvalue weighted by Crippen LogP contribution is 2.54. The number of rotatable bonds is 4. The monoisotopic (exact) mass is 368 g/mol. The summed E-state index contributed by atoms with van der Waals surface area (Å²) in [5, 5.41) is 5.73. The zero-order chi connectivity index (χ0) is 18.2. The van der Waals surface area contributed by atoms with Crippen LogP contribution >= 0.6 is 11.8 Å². The Morgan fingerprint density at radius 1 is 1.36 bits per heavy atom. The van der Waals surface area contributed by atoms with Gasteiger partial charge in [0.1, 0.15) is 12.1 Å². The molecule has 0 bridgehead atoms. The highest BCUT2D eigenvalue weighted by molar-refractivity contribution is 7.99. The molecule has 0 radical (unpaired) electrons. The molecule has 3 unspecified atom stereocenters. The number of nitrogens with zero attached hydrogens (tertiary/aromatic N) is 1. The van der Waals surface area contributed by atoms with Gasteiger partial charge in [-0.3, -0.25) is 14.4 Å². The van der Waals surface area contributed by atoms with Crippen molar-refractivity contribution in [2.45, 2.75) is 68.9 Å². The second-order valence-electron chi connectivity index (χ2n) is 7.51. The Labute approximate surface area is 152 Å². The maximum atomic E-state index is 13.2. The molecule has 3 aliphatic rings. The second-order valence-corrected chi connectivity index (χ2v) is 8.80. The van der Waals surface area contributed by atoms with Crippen molar-refractivity contribution in [1.82, 2.24) is 15.5 Å². The Bertz CT molecular complexity index is 564. The van der Waals surface area contributed by atoms with Gasteiger partial charge in [0.05, 0.1) is 11.4 Å². The molecule has 2 aliphatic heterocycles. The molecule has 0 aromatic heterocycles. The van der Waals surface area contributed by atoms with E-state index in [1.807, 2.05) is 0 Å². The smallest absolute Gasteiger partial charge is 0.246 e. The third-order valence-electron chi connectivity index (χ3n) is 6.03. The normalized spacial score (nSPS) is 32.3. The van der Waals surface area contributed by atoms with Crippen LogP contribution in [0.15, 0.2) is 0 Å². The lowest BCUT2D eigenvalue weighted by Crippen LogP contribution is -2.57. The van der Waals surface area contributed by atoms with Gasteiger partial charge in [0, 0.05) is 5.41 Å². The summed E-state index contributed by atoms with van der Waals surface area (Å²) in [5.74, 6) is 0.0238. The average Bonchev–Trinajstić information content (AvgIpc) is 3.13. The predicted octanol–water partition coefficient (Wildman–Crippen LogP) is 0.189. The van der Waals surface area contributed by atoms with Crippen LogP contribution in [0.4, 0.5) is 0 Å². The predicted molar refractivity (Wildman–Crippen MR) is 96.7 cm³/mol. The molecule has 140 valence electrons. The molecule has 3 fully saturated rings. The van der Waals surface area contributed by atoms with Gasteiger partial charge < -0.3 is 21.3 Å². The number of nitrogens with one attached hydrogen (secondary N) is 2. The number of likely N-dealkylation sites (N-methyl/N-ethyl adjacent to an activating group) is 1. The zero-order valence-electron chi connectivity index (χ0n) is 14.9. The molecule has 4 atom stereocenters. The van der Waals surface area contributed by atoms with E-state index in [2.05, 4.69) is 10.6 Å². The summed E-state index contributed by atoms with van der Waals surface area (Å²) in [7, 11) is 1.71. The molecule has 3 amide bonds. The SMILES string of the molecule is CN[C@@H](C)C(=O)NC1CCSC2CC3(CCCC3)C(C(N)=O)N2C1=O. The lowest BCUT2D eigenvalue weighted by molar-refractivity contribution is -0.143. The molecule has 1 spiro atoms. The van der Waals surface area contributed by atoms with Crippen LogP contribution in [0.2, 0.25) is 0 Å². The van der Waals surface area contributed by atoms with E-state index in [1.165, 1.54) is 0 Å². The fourth-order valence-electron chi connectivity index (χ4n) is 4.61. The van der Waals surface area contributed by atoms with Crippen LogP contribution in [0, 0.1) is 5.41 Å². The number of fused-ring (bicyclic) bond motifs is 1. The fraction of sp³-hybridized carbons (Fsp3) is 0.824. The van der Waals surface area contributed by atoms with Gasteiger partial charge in [0.2, 0.25) is 17.7 Å². The van der Waals surface area contributed by atoms with Crippen molar-refractivity contribution in [2.24, 2.45) is 11.1 Å². The highest BCUT2D eigenvalue weighted by Gasteiger charge is 2.58. The largest absolute Gasteiger partial charge is 0.368 e. The van der Waals surface area contributed by atoms with Crippen LogP contribution in [0.25, 0.3) is 0 Å². The second kappa shape index (κ2) is 7.15. The van der Waals surface area contributed by atoms with Crippen molar-refractivity contribution in [3.63, 3.8) is 0 Å². The van der Waals surface area contributed by atoms with Gasteiger partial charge in [0.15, 0.2) is 0 Å². The molecule has 1 saturated carbocycles. The Balaban J connectivity index is 1.84. The first-order valence-electron chi connectivity index (χ1n) is 9.10. The van der Waals surface area contributed by atoms with E-state index >= 15 is 0 Å². The number of nitrogens with two attached hydrogens (primary N) is 1. The van der Waals surface area contributed by atoms with Gasteiger partial charge in [0.25, 0.3) is 0 Å². The van der Waals surface area contributed by atoms with Crippen LogP contribution in [-0.2, 0) is 14.4 Å². The number of thioether (sulfide) groups is 1. The van der Waals surface area contributed by atoms with Gasteiger partial charge in [-0.25, -0.2) is 0 Å². The van der Waals surface area contributed by atoms with Gasteiger partial charge in [-0.2, -0.15) is 0 Å². The van der Waals surface area contributed by atoms with Crippen molar-refractivity contribution in [1.29, 1.82) is 0 Å². The van der Waals surface area contributed by atoms with Crippen LogP contribution < -0.4 is 16.4 Å². The van der Waals surface area contributed by atoms with E-state index in [-0.39, 0.29) is 28.6 Å². The Morgan fingerprint density at radius 2 is 2.04 bits per heavy atom. The first-order valence-corrected chi connectivity index (χ1v) is 10.2. The van der Waals surface area contributed by atoms with Crippen LogP contribution in [-0.4, -0.2) is 58.9 Å². The first-order chi connectivity index (χ1) is 11.9. The number of carbonyl (C=O) groups is 3. The van der Waals surface area contributed by atoms with E-state index in [4.69, 9.17) is 5.73 Å². The lowest BCUT2D eigenvalue weighted by atomic mass is 9.78. The quantitative estimate of drug-likeness (QED) is 0.657. The Morgan fingerprint density at radius 3 is 2.64 bits per heavy atom. The summed E-state index contributed by atoms with van der Waals surface area (Å²) in [4.78, 5) is 39.4. The highest BCUT2D eigenvalue weighted by atomic mass is 32.2. The van der Waals surface area contributed by atoms with Crippen molar-refractivity contribution in [3.8, 4) is 0 Å². The molecule has 1 aliphatic carbocycles. The Hall–Kier alpha value is -1.28. The van der Waals surface area contributed by atoms with Crippen LogP contribution in [0.1, 0.15) is 45.4 Å². The minimum absolute atomic E-state index is 0.00766. The average molecular weight is 369 g/mol. The first kappa shape index (κ1) is 18.5. The molecule has 3 rings (SSSR count). The lowest BCUT2D eigenvalue weighted by Gasteiger charge is -2.34. The van der Waals surface area contributed by atoms with Crippen molar-refractivity contribution in [2.75, 3.05) is 12.8 Å². The van der Waals surface area contributed by atoms with E-state index in [0.717, 1.165) is 37.9 Å². The third kappa shape index (κ3) is 3.26. The molecular weight excluding hydrogens is 340 g/mol. The maximum absolute atomic E-state index is 13.2. The number of hydrogen-bond donors (Lipinski definition) is 3. The fourth-order valence-corrected chi connectivity index (χ4v) is 6.09. The van der Waals surface area contributed by atoms with Gasteiger partial charge >= 0.3 is 0 Å². The third-order valence-corrected chi connectivity index (χ3v) is 7.28. The molecule has 4 N–H and O–H groups in total. The van der Waals surface area contributed by atoms with Crippen LogP contribution in [0.5, 0.6) is 0 Å². The number of hydrogen-bond acceptors (Lipinski definition) is 5. The summed E-state index contributed by atoms with van der Waals surface area (Å²) in [6.45, 7) is 1.75.